The molecule has 3 aromatic rings. The summed E-state index contributed by atoms with van der Waals surface area (Å²) in [7, 11) is 1.59. The SMILES string of the molecule is COc1cc2ncc(-c3ccc(N)nc3F)n2cc1SCCCO. The van der Waals surface area contributed by atoms with E-state index in [1.807, 2.05) is 6.20 Å². The summed E-state index contributed by atoms with van der Waals surface area (Å²) in [6.07, 6.45) is 4.13. The van der Waals surface area contributed by atoms with Gasteiger partial charge in [-0.05, 0) is 18.6 Å². The van der Waals surface area contributed by atoms with Gasteiger partial charge in [0.2, 0.25) is 5.95 Å². The molecule has 3 heterocycles. The van der Waals surface area contributed by atoms with Gasteiger partial charge in [-0.1, -0.05) is 0 Å². The first-order valence-corrected chi connectivity index (χ1v) is 8.33. The molecule has 0 amide bonds. The zero-order chi connectivity index (χ0) is 17.1. The van der Waals surface area contributed by atoms with Crippen molar-refractivity contribution >= 4 is 23.2 Å². The van der Waals surface area contributed by atoms with Gasteiger partial charge in [0.15, 0.2) is 0 Å². The van der Waals surface area contributed by atoms with Crippen LogP contribution < -0.4 is 10.5 Å². The first-order valence-electron chi connectivity index (χ1n) is 7.35. The topological polar surface area (TPSA) is 85.7 Å². The molecule has 3 rings (SSSR count). The predicted octanol–water partition coefficient (Wildman–Crippen LogP) is 2.60. The van der Waals surface area contributed by atoms with Crippen molar-refractivity contribution in [3.63, 3.8) is 0 Å². The van der Waals surface area contributed by atoms with Crippen LogP contribution in [-0.2, 0) is 0 Å². The first-order chi connectivity index (χ1) is 11.6. The maximum Gasteiger partial charge on any atom is 0.224 e. The largest absolute Gasteiger partial charge is 0.495 e. The van der Waals surface area contributed by atoms with Crippen molar-refractivity contribution in [3.05, 3.63) is 36.5 Å². The molecular weight excluding hydrogens is 331 g/mol. The maximum atomic E-state index is 14.1. The average Bonchev–Trinajstić information content (AvgIpc) is 2.97. The number of nitrogens with two attached hydrogens (primary N) is 1. The number of nitrogen functional groups attached to an aromatic ring is 1. The van der Waals surface area contributed by atoms with Crippen LogP contribution in [0.15, 0.2) is 35.5 Å². The Balaban J connectivity index is 2.08. The van der Waals surface area contributed by atoms with E-state index in [4.69, 9.17) is 15.6 Å². The van der Waals surface area contributed by atoms with E-state index in [1.165, 1.54) is 0 Å². The van der Waals surface area contributed by atoms with Gasteiger partial charge in [0.05, 0.1) is 29.5 Å². The van der Waals surface area contributed by atoms with E-state index in [1.54, 1.807) is 47.7 Å². The van der Waals surface area contributed by atoms with Crippen molar-refractivity contribution in [2.45, 2.75) is 11.3 Å². The normalized spacial score (nSPS) is 11.1. The van der Waals surface area contributed by atoms with Crippen LogP contribution in [0, 0.1) is 5.95 Å². The molecule has 3 aromatic heterocycles. The number of thioether (sulfide) groups is 1. The summed E-state index contributed by atoms with van der Waals surface area (Å²) in [5, 5.41) is 8.94. The molecule has 6 nitrogen and oxygen atoms in total. The number of halogens is 1. The van der Waals surface area contributed by atoms with Crippen LogP contribution >= 0.6 is 11.8 Å². The molecule has 0 aromatic carbocycles. The Hall–Kier alpha value is -2.32. The number of aromatic nitrogens is 3. The highest BCUT2D eigenvalue weighted by atomic mass is 32.2. The van der Waals surface area contributed by atoms with Crippen LogP contribution in [0.5, 0.6) is 5.75 Å². The van der Waals surface area contributed by atoms with Gasteiger partial charge in [0.1, 0.15) is 17.2 Å². The molecule has 0 radical (unpaired) electrons. The molecule has 0 saturated heterocycles. The Kier molecular flexibility index (Phi) is 4.86. The summed E-state index contributed by atoms with van der Waals surface area (Å²) in [5.74, 6) is 0.938. The van der Waals surface area contributed by atoms with Crippen molar-refractivity contribution < 1.29 is 14.2 Å². The Labute approximate surface area is 142 Å². The van der Waals surface area contributed by atoms with Gasteiger partial charge in [-0.2, -0.15) is 4.39 Å². The minimum Gasteiger partial charge on any atom is -0.495 e. The number of methoxy groups -OCH3 is 1. The highest BCUT2D eigenvalue weighted by molar-refractivity contribution is 7.99. The minimum absolute atomic E-state index is 0.131. The maximum absolute atomic E-state index is 14.1. The monoisotopic (exact) mass is 348 g/mol. The standard InChI is InChI=1S/C16H17FN4O2S/c1-23-12-7-15-19-8-11(10-3-4-14(18)20-16(10)17)21(15)9-13(12)24-6-2-5-22/h3-4,7-9,22H,2,5-6H2,1H3,(H2,18,20). The van der Waals surface area contributed by atoms with Gasteiger partial charge in [0.25, 0.3) is 0 Å². The van der Waals surface area contributed by atoms with Gasteiger partial charge < -0.3 is 15.6 Å². The van der Waals surface area contributed by atoms with E-state index in [0.717, 1.165) is 10.6 Å². The molecule has 3 N–H and O–H groups in total. The predicted molar refractivity (Wildman–Crippen MR) is 91.8 cm³/mol. The Morgan fingerprint density at radius 3 is 2.96 bits per heavy atom. The molecule has 0 atom stereocenters. The number of aliphatic hydroxyl groups excluding tert-OH is 1. The van der Waals surface area contributed by atoms with E-state index >= 15 is 0 Å². The molecule has 8 heteroatoms. The average molecular weight is 348 g/mol. The zero-order valence-electron chi connectivity index (χ0n) is 13.1. The van der Waals surface area contributed by atoms with Crippen LogP contribution in [0.4, 0.5) is 10.2 Å². The summed E-state index contributed by atoms with van der Waals surface area (Å²) >= 11 is 1.56. The van der Waals surface area contributed by atoms with E-state index in [2.05, 4.69) is 9.97 Å². The van der Waals surface area contributed by atoms with Crippen LogP contribution in [0.1, 0.15) is 6.42 Å². The number of rotatable bonds is 6. The van der Waals surface area contributed by atoms with Gasteiger partial charge >= 0.3 is 0 Å². The third-order valence-corrected chi connectivity index (χ3v) is 4.61. The molecule has 0 aliphatic heterocycles. The first kappa shape index (κ1) is 16.5. The molecule has 0 spiro atoms. The number of hydrogen-bond acceptors (Lipinski definition) is 6. The van der Waals surface area contributed by atoms with E-state index < -0.39 is 5.95 Å². The number of fused-ring (bicyclic) bond motifs is 1. The van der Waals surface area contributed by atoms with Crippen molar-refractivity contribution in [2.24, 2.45) is 0 Å². The number of aliphatic hydroxyl groups is 1. The second-order valence-corrected chi connectivity index (χ2v) is 6.21. The molecule has 126 valence electrons. The lowest BCUT2D eigenvalue weighted by atomic mass is 10.2. The third-order valence-electron chi connectivity index (χ3n) is 3.50. The van der Waals surface area contributed by atoms with Crippen LogP contribution in [0.3, 0.4) is 0 Å². The Morgan fingerprint density at radius 1 is 1.42 bits per heavy atom. The van der Waals surface area contributed by atoms with Gasteiger partial charge in [0, 0.05) is 24.6 Å². The van der Waals surface area contributed by atoms with Crippen molar-refractivity contribution in [1.82, 2.24) is 14.4 Å². The molecule has 0 bridgehead atoms. The molecular formula is C16H17FN4O2S. The minimum atomic E-state index is -0.637. The smallest absolute Gasteiger partial charge is 0.224 e. The summed E-state index contributed by atoms with van der Waals surface area (Å²) in [4.78, 5) is 8.87. The zero-order valence-corrected chi connectivity index (χ0v) is 13.9. The molecule has 24 heavy (non-hydrogen) atoms. The number of ether oxygens (including phenoxy) is 1. The summed E-state index contributed by atoms with van der Waals surface area (Å²) in [6, 6.07) is 4.94. The van der Waals surface area contributed by atoms with Gasteiger partial charge in [-0.3, -0.25) is 4.40 Å². The fourth-order valence-electron chi connectivity index (χ4n) is 2.34. The Bertz CT molecular complexity index is 869. The highest BCUT2D eigenvalue weighted by Gasteiger charge is 2.15. The van der Waals surface area contributed by atoms with Crippen LogP contribution in [0.2, 0.25) is 0 Å². The lowest BCUT2D eigenvalue weighted by Crippen LogP contribution is -1.98. The van der Waals surface area contributed by atoms with E-state index in [-0.39, 0.29) is 12.4 Å². The molecule has 0 unspecified atom stereocenters. The number of pyridine rings is 2. The molecule has 0 saturated carbocycles. The fraction of sp³-hybridized carbons (Fsp3) is 0.250. The fourth-order valence-corrected chi connectivity index (χ4v) is 3.30. The second kappa shape index (κ2) is 7.06. The van der Waals surface area contributed by atoms with E-state index in [0.29, 0.717) is 29.1 Å². The second-order valence-electron chi connectivity index (χ2n) is 5.08. The van der Waals surface area contributed by atoms with Gasteiger partial charge in [-0.25, -0.2) is 9.97 Å². The van der Waals surface area contributed by atoms with Crippen LogP contribution in [-0.4, -0.2) is 38.9 Å². The summed E-state index contributed by atoms with van der Waals surface area (Å²) in [5.41, 5.74) is 7.06. The summed E-state index contributed by atoms with van der Waals surface area (Å²) in [6.45, 7) is 0.135. The van der Waals surface area contributed by atoms with Crippen molar-refractivity contribution in [2.75, 3.05) is 25.2 Å². The molecule has 0 aliphatic carbocycles. The van der Waals surface area contributed by atoms with E-state index in [9.17, 15) is 4.39 Å². The molecule has 0 aliphatic rings. The number of hydrogen-bond donors (Lipinski definition) is 2. The third kappa shape index (κ3) is 3.15. The summed E-state index contributed by atoms with van der Waals surface area (Å²) < 4.78 is 21.3. The highest BCUT2D eigenvalue weighted by Crippen LogP contribution is 2.33. The van der Waals surface area contributed by atoms with Gasteiger partial charge in [-0.15, -0.1) is 11.8 Å². The molecule has 0 fully saturated rings. The van der Waals surface area contributed by atoms with Crippen LogP contribution in [0.25, 0.3) is 16.9 Å². The lowest BCUT2D eigenvalue weighted by molar-refractivity contribution is 0.296. The lowest BCUT2D eigenvalue weighted by Gasteiger charge is -2.10. The quantitative estimate of drug-likeness (QED) is 0.405. The Morgan fingerprint density at radius 2 is 2.25 bits per heavy atom. The number of nitrogens with zero attached hydrogens (tertiary/aromatic N) is 3. The number of anilines is 1. The number of imidazole rings is 1. The van der Waals surface area contributed by atoms with Crippen molar-refractivity contribution in [1.29, 1.82) is 0 Å². The van der Waals surface area contributed by atoms with Crippen molar-refractivity contribution in [3.8, 4) is 17.0 Å².